The molecule has 0 amide bonds. The maximum absolute atomic E-state index is 12.4. The van der Waals surface area contributed by atoms with Crippen LogP contribution in [0.3, 0.4) is 0 Å². The Morgan fingerprint density at radius 3 is 1.38 bits per heavy atom. The highest BCUT2D eigenvalue weighted by atomic mass is 16.4. The first-order valence-corrected chi connectivity index (χ1v) is 8.81. The summed E-state index contributed by atoms with van der Waals surface area (Å²) in [4.78, 5) is 45.4. The molecule has 2 rings (SSSR count). The predicted octanol–water partition coefficient (Wildman–Crippen LogP) is 3.10. The minimum absolute atomic E-state index is 0.000131. The normalized spacial score (nSPS) is 11.0. The van der Waals surface area contributed by atoms with Crippen LogP contribution in [0.15, 0.2) is 48.5 Å². The Balaban J connectivity index is 2.53. The van der Waals surface area contributed by atoms with E-state index in [1.54, 1.807) is 0 Å². The van der Waals surface area contributed by atoms with E-state index in [1.165, 1.54) is 48.5 Å². The number of carbonyl (C=O) groups is 4. The van der Waals surface area contributed by atoms with Crippen molar-refractivity contribution in [2.24, 2.45) is 0 Å². The van der Waals surface area contributed by atoms with E-state index in [0.29, 0.717) is 17.5 Å². The second-order valence-electron chi connectivity index (χ2n) is 6.58. The molecule has 0 radical (unpaired) electrons. The molecular formula is C21H20O8. The summed E-state index contributed by atoms with van der Waals surface area (Å²) in [5.41, 5.74) is -0.922. The first kappa shape index (κ1) is 21.6. The van der Waals surface area contributed by atoms with Gasteiger partial charge in [-0.2, -0.15) is 0 Å². The number of carboxylic acids is 4. The van der Waals surface area contributed by atoms with Crippen molar-refractivity contribution in [3.8, 4) is 0 Å². The number of hydrogen-bond acceptors (Lipinski definition) is 4. The van der Waals surface area contributed by atoms with E-state index in [9.17, 15) is 24.3 Å². The molecule has 0 fully saturated rings. The summed E-state index contributed by atoms with van der Waals surface area (Å²) in [6.07, 6.45) is 0.519. The van der Waals surface area contributed by atoms with Gasteiger partial charge in [0.25, 0.3) is 0 Å². The fraction of sp³-hybridized carbons (Fsp3) is 0.238. The van der Waals surface area contributed by atoms with Crippen LogP contribution < -0.4 is 0 Å². The molecule has 0 saturated carbocycles. The fourth-order valence-corrected chi connectivity index (χ4v) is 3.27. The van der Waals surface area contributed by atoms with E-state index in [1.807, 2.05) is 0 Å². The third kappa shape index (κ3) is 4.78. The van der Waals surface area contributed by atoms with Gasteiger partial charge in [-0.3, -0.25) is 9.59 Å². The lowest BCUT2D eigenvalue weighted by atomic mass is 9.70. The zero-order chi connectivity index (χ0) is 21.6. The van der Waals surface area contributed by atoms with Crippen molar-refractivity contribution in [2.45, 2.75) is 31.1 Å². The molecule has 0 atom stereocenters. The van der Waals surface area contributed by atoms with Crippen LogP contribution in [0.2, 0.25) is 0 Å². The Hall–Kier alpha value is -3.68. The number of aromatic carboxylic acids is 2. The number of carboxylic acid groups (broad SMARTS) is 4. The average molecular weight is 400 g/mol. The van der Waals surface area contributed by atoms with Gasteiger partial charge in [0.1, 0.15) is 5.41 Å². The van der Waals surface area contributed by atoms with Gasteiger partial charge >= 0.3 is 23.9 Å². The van der Waals surface area contributed by atoms with Crippen molar-refractivity contribution in [3.05, 3.63) is 70.8 Å². The van der Waals surface area contributed by atoms with E-state index in [4.69, 9.17) is 15.3 Å². The zero-order valence-corrected chi connectivity index (χ0v) is 15.4. The third-order valence-electron chi connectivity index (χ3n) is 4.81. The second kappa shape index (κ2) is 9.01. The van der Waals surface area contributed by atoms with Crippen molar-refractivity contribution < 1.29 is 39.6 Å². The summed E-state index contributed by atoms with van der Waals surface area (Å²) >= 11 is 0. The van der Waals surface area contributed by atoms with Crippen molar-refractivity contribution in [1.82, 2.24) is 0 Å². The van der Waals surface area contributed by atoms with Gasteiger partial charge in [-0.1, -0.05) is 30.7 Å². The van der Waals surface area contributed by atoms with Crippen molar-refractivity contribution in [3.63, 3.8) is 0 Å². The van der Waals surface area contributed by atoms with Crippen LogP contribution in [0.1, 0.15) is 57.5 Å². The van der Waals surface area contributed by atoms with Gasteiger partial charge in [-0.25, -0.2) is 9.59 Å². The maximum Gasteiger partial charge on any atom is 0.335 e. The lowest BCUT2D eigenvalue weighted by Gasteiger charge is -2.31. The van der Waals surface area contributed by atoms with E-state index in [0.717, 1.165) is 0 Å². The minimum Gasteiger partial charge on any atom is -0.481 e. The molecule has 0 aliphatic rings. The van der Waals surface area contributed by atoms with Gasteiger partial charge in [0.15, 0.2) is 0 Å². The molecule has 0 saturated heterocycles. The van der Waals surface area contributed by atoms with E-state index in [-0.39, 0.29) is 30.4 Å². The summed E-state index contributed by atoms with van der Waals surface area (Å²) in [5, 5.41) is 37.1. The van der Waals surface area contributed by atoms with Gasteiger partial charge in [-0.05, 0) is 48.2 Å². The molecule has 0 heterocycles. The van der Waals surface area contributed by atoms with Crippen molar-refractivity contribution in [1.29, 1.82) is 0 Å². The van der Waals surface area contributed by atoms with Crippen LogP contribution >= 0.6 is 0 Å². The molecule has 152 valence electrons. The first-order chi connectivity index (χ1) is 13.7. The monoisotopic (exact) mass is 400 g/mol. The number of benzene rings is 2. The zero-order valence-electron chi connectivity index (χ0n) is 15.4. The largest absolute Gasteiger partial charge is 0.481 e. The first-order valence-electron chi connectivity index (χ1n) is 8.81. The van der Waals surface area contributed by atoms with E-state index in [2.05, 4.69) is 0 Å². The molecule has 0 aromatic heterocycles. The van der Waals surface area contributed by atoms with Crippen LogP contribution in [0.25, 0.3) is 0 Å². The highest BCUT2D eigenvalue weighted by Crippen LogP contribution is 2.38. The summed E-state index contributed by atoms with van der Waals surface area (Å²) < 4.78 is 0. The van der Waals surface area contributed by atoms with E-state index < -0.39 is 29.3 Å². The number of hydrogen-bond donors (Lipinski definition) is 4. The molecule has 8 nitrogen and oxygen atoms in total. The molecule has 2 aromatic carbocycles. The number of unbranched alkanes of at least 4 members (excludes halogenated alkanes) is 1. The molecule has 0 aliphatic heterocycles. The summed E-state index contributed by atoms with van der Waals surface area (Å²) in [6.45, 7) is 0. The maximum atomic E-state index is 12.4. The Morgan fingerprint density at radius 2 is 1.07 bits per heavy atom. The van der Waals surface area contributed by atoms with Crippen LogP contribution in [0.4, 0.5) is 0 Å². The molecule has 29 heavy (non-hydrogen) atoms. The lowest BCUT2D eigenvalue weighted by Crippen LogP contribution is -2.37. The Bertz CT molecular complexity index is 855. The Labute approximate surface area is 166 Å². The van der Waals surface area contributed by atoms with Gasteiger partial charge in [-0.15, -0.1) is 0 Å². The molecule has 2 aromatic rings. The van der Waals surface area contributed by atoms with Crippen LogP contribution in [0, 0.1) is 0 Å². The molecule has 0 bridgehead atoms. The molecule has 8 heteroatoms. The minimum atomic E-state index is -1.58. The predicted molar refractivity (Wildman–Crippen MR) is 101 cm³/mol. The lowest BCUT2D eigenvalue weighted by molar-refractivity contribution is -0.142. The van der Waals surface area contributed by atoms with Crippen molar-refractivity contribution in [2.75, 3.05) is 0 Å². The van der Waals surface area contributed by atoms with Crippen LogP contribution in [-0.2, 0) is 15.0 Å². The highest BCUT2D eigenvalue weighted by molar-refractivity contribution is 5.90. The average Bonchev–Trinajstić information content (AvgIpc) is 2.68. The highest BCUT2D eigenvalue weighted by Gasteiger charge is 2.42. The van der Waals surface area contributed by atoms with Crippen LogP contribution in [-0.4, -0.2) is 44.3 Å². The topological polar surface area (TPSA) is 149 Å². The second-order valence-corrected chi connectivity index (χ2v) is 6.58. The number of aliphatic carboxylic acids is 2. The molecule has 0 aliphatic carbocycles. The molecule has 0 unspecified atom stereocenters. The molecule has 4 N–H and O–H groups in total. The summed E-state index contributed by atoms with van der Waals surface area (Å²) in [5.74, 6) is -4.48. The SMILES string of the molecule is O=C(O)CCCCC(C(=O)O)(c1ccc(C(=O)O)cc1)c1ccc(C(=O)O)cc1. The van der Waals surface area contributed by atoms with Gasteiger partial charge < -0.3 is 20.4 Å². The third-order valence-corrected chi connectivity index (χ3v) is 4.81. The van der Waals surface area contributed by atoms with Gasteiger partial charge in [0.05, 0.1) is 11.1 Å². The van der Waals surface area contributed by atoms with Crippen LogP contribution in [0.5, 0.6) is 0 Å². The Morgan fingerprint density at radius 1 is 0.655 bits per heavy atom. The standard InChI is InChI=1S/C21H20O8/c22-17(23)3-1-2-12-21(20(28)29,15-8-4-13(5-9-15)18(24)25)16-10-6-14(7-11-16)19(26)27/h4-11H,1-3,12H2,(H,22,23)(H,24,25)(H,26,27)(H,28,29). The molecular weight excluding hydrogens is 380 g/mol. The summed E-state index contributed by atoms with van der Waals surface area (Å²) in [7, 11) is 0. The van der Waals surface area contributed by atoms with E-state index >= 15 is 0 Å². The smallest absolute Gasteiger partial charge is 0.335 e. The summed E-state index contributed by atoms with van der Waals surface area (Å²) in [6, 6.07) is 10.9. The fourth-order valence-electron chi connectivity index (χ4n) is 3.27. The van der Waals surface area contributed by atoms with Gasteiger partial charge in [0.2, 0.25) is 0 Å². The van der Waals surface area contributed by atoms with Gasteiger partial charge in [0, 0.05) is 6.42 Å². The quantitative estimate of drug-likeness (QED) is 0.444. The number of rotatable bonds is 10. The Kier molecular flexibility index (Phi) is 6.71. The van der Waals surface area contributed by atoms with Crippen molar-refractivity contribution >= 4 is 23.9 Å². The molecule has 0 spiro atoms.